The van der Waals surface area contributed by atoms with E-state index < -0.39 is 18.0 Å². The molecule has 1 atom stereocenters. The summed E-state index contributed by atoms with van der Waals surface area (Å²) in [6.45, 7) is 5.91. The van der Waals surface area contributed by atoms with Crippen LogP contribution in [0.2, 0.25) is 5.02 Å². The van der Waals surface area contributed by atoms with Crippen LogP contribution < -0.4 is 10.6 Å². The highest BCUT2D eigenvalue weighted by Gasteiger charge is 2.33. The number of urea groups is 1. The predicted molar refractivity (Wildman–Crippen MR) is 90.6 cm³/mol. The van der Waals surface area contributed by atoms with Gasteiger partial charge in [-0.15, -0.1) is 0 Å². The zero-order valence-electron chi connectivity index (χ0n) is 13.9. The number of halogens is 1. The van der Waals surface area contributed by atoms with Crippen molar-refractivity contribution >= 4 is 23.6 Å². The van der Waals surface area contributed by atoms with E-state index in [9.17, 15) is 9.59 Å². The molecule has 2 N–H and O–H groups in total. The lowest BCUT2D eigenvalue weighted by atomic mass is 9.95. The Morgan fingerprint density at radius 2 is 2.00 bits per heavy atom. The molecular formula is C17H21ClN2O4. The molecule has 0 saturated carbocycles. The van der Waals surface area contributed by atoms with Gasteiger partial charge in [-0.1, -0.05) is 29.8 Å². The molecule has 0 radical (unpaired) electrons. The first-order valence-corrected chi connectivity index (χ1v) is 8.09. The Morgan fingerprint density at radius 3 is 2.67 bits per heavy atom. The number of amides is 2. The third-order valence-corrected chi connectivity index (χ3v) is 3.82. The van der Waals surface area contributed by atoms with Crippen molar-refractivity contribution in [2.75, 3.05) is 13.2 Å². The minimum absolute atomic E-state index is 0.0659. The van der Waals surface area contributed by atoms with Gasteiger partial charge in [0.25, 0.3) is 0 Å². The quantitative estimate of drug-likeness (QED) is 0.609. The fourth-order valence-electron chi connectivity index (χ4n) is 2.40. The molecule has 2 amide bonds. The Labute approximate surface area is 146 Å². The molecule has 0 spiro atoms. The van der Waals surface area contributed by atoms with E-state index in [1.807, 2.05) is 13.8 Å². The molecule has 2 rings (SSSR count). The second-order valence-electron chi connectivity index (χ2n) is 5.65. The maximum Gasteiger partial charge on any atom is 0.338 e. The Hall–Kier alpha value is -2.05. The van der Waals surface area contributed by atoms with Gasteiger partial charge in [-0.3, -0.25) is 0 Å². The van der Waals surface area contributed by atoms with Crippen molar-refractivity contribution in [2.45, 2.75) is 32.9 Å². The molecule has 0 saturated heterocycles. The molecule has 0 bridgehead atoms. The van der Waals surface area contributed by atoms with E-state index in [4.69, 9.17) is 21.1 Å². The lowest BCUT2D eigenvalue weighted by molar-refractivity contribution is -0.141. The van der Waals surface area contributed by atoms with Crippen LogP contribution in [0.15, 0.2) is 35.5 Å². The second kappa shape index (κ2) is 8.17. The van der Waals surface area contributed by atoms with E-state index in [-0.39, 0.29) is 12.7 Å². The van der Waals surface area contributed by atoms with Crippen LogP contribution in [0.1, 0.15) is 32.4 Å². The van der Waals surface area contributed by atoms with Gasteiger partial charge < -0.3 is 20.1 Å². The first-order chi connectivity index (χ1) is 11.4. The van der Waals surface area contributed by atoms with Crippen LogP contribution >= 0.6 is 11.6 Å². The number of benzene rings is 1. The topological polar surface area (TPSA) is 76.7 Å². The minimum Gasteiger partial charge on any atom is -0.460 e. The molecule has 1 unspecified atom stereocenters. The fraction of sp³-hybridized carbons (Fsp3) is 0.412. The van der Waals surface area contributed by atoms with Crippen LogP contribution in [-0.4, -0.2) is 31.3 Å². The summed E-state index contributed by atoms with van der Waals surface area (Å²) >= 11 is 6.22. The van der Waals surface area contributed by atoms with Crippen molar-refractivity contribution < 1.29 is 19.1 Å². The van der Waals surface area contributed by atoms with Crippen molar-refractivity contribution in [3.8, 4) is 0 Å². The lowest BCUT2D eigenvalue weighted by Gasteiger charge is -2.28. The average molecular weight is 353 g/mol. The number of hydrogen-bond acceptors (Lipinski definition) is 4. The lowest BCUT2D eigenvalue weighted by Crippen LogP contribution is -2.45. The van der Waals surface area contributed by atoms with Crippen LogP contribution in [0.3, 0.4) is 0 Å². The summed E-state index contributed by atoms with van der Waals surface area (Å²) in [7, 11) is 0. The SMILES string of the molecule is CC1=C(C(=O)OCCOC(C)C)C(c2ccccc2Cl)NC(=O)N1. The molecule has 24 heavy (non-hydrogen) atoms. The molecule has 1 heterocycles. The molecule has 1 aliphatic heterocycles. The number of nitrogens with one attached hydrogen (secondary N) is 2. The predicted octanol–water partition coefficient (Wildman–Crippen LogP) is 2.94. The molecular weight excluding hydrogens is 332 g/mol. The summed E-state index contributed by atoms with van der Waals surface area (Å²) in [5.41, 5.74) is 1.41. The van der Waals surface area contributed by atoms with E-state index >= 15 is 0 Å². The first-order valence-electron chi connectivity index (χ1n) is 7.71. The van der Waals surface area contributed by atoms with Crippen molar-refractivity contribution in [1.82, 2.24) is 10.6 Å². The maximum absolute atomic E-state index is 12.5. The van der Waals surface area contributed by atoms with Crippen molar-refractivity contribution in [3.05, 3.63) is 46.1 Å². The second-order valence-corrected chi connectivity index (χ2v) is 6.05. The van der Waals surface area contributed by atoms with E-state index in [2.05, 4.69) is 10.6 Å². The molecule has 1 aromatic carbocycles. The molecule has 1 aromatic rings. The smallest absolute Gasteiger partial charge is 0.338 e. The third kappa shape index (κ3) is 4.49. The van der Waals surface area contributed by atoms with Crippen LogP contribution in [0.5, 0.6) is 0 Å². The zero-order chi connectivity index (χ0) is 17.7. The zero-order valence-corrected chi connectivity index (χ0v) is 14.6. The van der Waals surface area contributed by atoms with Crippen LogP contribution in [0.4, 0.5) is 4.79 Å². The first kappa shape index (κ1) is 18.3. The van der Waals surface area contributed by atoms with Gasteiger partial charge in [0.1, 0.15) is 6.61 Å². The Bertz CT molecular complexity index is 658. The van der Waals surface area contributed by atoms with Gasteiger partial charge in [-0.2, -0.15) is 0 Å². The molecule has 130 valence electrons. The number of carbonyl (C=O) groups excluding carboxylic acids is 2. The Morgan fingerprint density at radius 1 is 1.29 bits per heavy atom. The third-order valence-electron chi connectivity index (χ3n) is 3.47. The summed E-state index contributed by atoms with van der Waals surface area (Å²) in [6, 6.07) is 6.00. The molecule has 0 fully saturated rings. The van der Waals surface area contributed by atoms with Crippen LogP contribution in [0.25, 0.3) is 0 Å². The number of rotatable bonds is 6. The molecule has 0 aromatic heterocycles. The molecule has 6 nitrogen and oxygen atoms in total. The van der Waals surface area contributed by atoms with E-state index in [0.717, 1.165) is 0 Å². The van der Waals surface area contributed by atoms with Gasteiger partial charge in [0.2, 0.25) is 0 Å². The van der Waals surface area contributed by atoms with Gasteiger partial charge in [0.05, 0.1) is 24.3 Å². The summed E-state index contributed by atoms with van der Waals surface area (Å²) < 4.78 is 10.6. The van der Waals surface area contributed by atoms with Gasteiger partial charge in [0, 0.05) is 10.7 Å². The van der Waals surface area contributed by atoms with E-state index in [1.54, 1.807) is 31.2 Å². The molecule has 1 aliphatic rings. The number of hydrogen-bond donors (Lipinski definition) is 2. The van der Waals surface area contributed by atoms with Gasteiger partial charge in [-0.25, -0.2) is 9.59 Å². The molecule has 0 aliphatic carbocycles. The summed E-state index contributed by atoms with van der Waals surface area (Å²) in [5, 5.41) is 5.78. The number of esters is 1. The summed E-state index contributed by atoms with van der Waals surface area (Å²) in [4.78, 5) is 24.3. The highest BCUT2D eigenvalue weighted by atomic mass is 35.5. The standard InChI is InChI=1S/C17H21ClN2O4/c1-10(2)23-8-9-24-16(21)14-11(3)19-17(22)20-15(14)12-6-4-5-7-13(12)18/h4-7,10,15H,8-9H2,1-3H3,(H2,19,20,22). The highest BCUT2D eigenvalue weighted by molar-refractivity contribution is 6.31. The number of carbonyl (C=O) groups is 2. The number of allylic oxidation sites excluding steroid dienone is 1. The van der Waals surface area contributed by atoms with Crippen LogP contribution in [-0.2, 0) is 14.3 Å². The van der Waals surface area contributed by atoms with Crippen molar-refractivity contribution in [1.29, 1.82) is 0 Å². The normalized spacial score (nSPS) is 17.5. The molecule has 7 heteroatoms. The van der Waals surface area contributed by atoms with Crippen LogP contribution in [0, 0.1) is 0 Å². The Kier molecular flexibility index (Phi) is 6.23. The summed E-state index contributed by atoms with van der Waals surface area (Å²) in [5.74, 6) is -0.516. The Balaban J connectivity index is 2.19. The van der Waals surface area contributed by atoms with Gasteiger partial charge >= 0.3 is 12.0 Å². The van der Waals surface area contributed by atoms with E-state index in [1.165, 1.54) is 0 Å². The monoisotopic (exact) mass is 352 g/mol. The van der Waals surface area contributed by atoms with E-state index in [0.29, 0.717) is 28.5 Å². The van der Waals surface area contributed by atoms with Gasteiger partial charge in [-0.05, 0) is 32.4 Å². The van der Waals surface area contributed by atoms with Crippen molar-refractivity contribution in [2.24, 2.45) is 0 Å². The number of ether oxygens (including phenoxy) is 2. The minimum atomic E-state index is -0.661. The largest absolute Gasteiger partial charge is 0.460 e. The maximum atomic E-state index is 12.5. The average Bonchev–Trinajstić information content (AvgIpc) is 2.51. The van der Waals surface area contributed by atoms with Crippen molar-refractivity contribution in [3.63, 3.8) is 0 Å². The van der Waals surface area contributed by atoms with Gasteiger partial charge in [0.15, 0.2) is 0 Å². The summed E-state index contributed by atoms with van der Waals surface area (Å²) in [6.07, 6.45) is 0.0659. The highest BCUT2D eigenvalue weighted by Crippen LogP contribution is 2.31. The fourth-order valence-corrected chi connectivity index (χ4v) is 2.65.